The zero-order valence-electron chi connectivity index (χ0n) is 11.4. The summed E-state index contributed by atoms with van der Waals surface area (Å²) in [5, 5.41) is 12.6. The summed E-state index contributed by atoms with van der Waals surface area (Å²) in [7, 11) is 1.74. The van der Waals surface area contributed by atoms with Crippen molar-refractivity contribution in [2.24, 2.45) is 0 Å². The van der Waals surface area contributed by atoms with Crippen molar-refractivity contribution in [2.45, 2.75) is 45.1 Å². The van der Waals surface area contributed by atoms with E-state index in [9.17, 15) is 5.26 Å². The van der Waals surface area contributed by atoms with Gasteiger partial charge in [0.05, 0.1) is 6.07 Å². The van der Waals surface area contributed by atoms with E-state index in [-0.39, 0.29) is 5.54 Å². The molecule has 0 amide bonds. The summed E-state index contributed by atoms with van der Waals surface area (Å²) >= 11 is 1.96. The third-order valence-electron chi connectivity index (χ3n) is 2.86. The Kier molecular flexibility index (Phi) is 10.7. The van der Waals surface area contributed by atoms with E-state index in [2.05, 4.69) is 25.2 Å². The highest BCUT2D eigenvalue weighted by Crippen LogP contribution is 2.18. The second kappa shape index (κ2) is 10.9. The van der Waals surface area contributed by atoms with Gasteiger partial charge < -0.3 is 4.74 Å². The van der Waals surface area contributed by atoms with E-state index in [0.29, 0.717) is 0 Å². The van der Waals surface area contributed by atoms with Crippen LogP contribution in [0.5, 0.6) is 0 Å². The van der Waals surface area contributed by atoms with Crippen molar-refractivity contribution in [3.05, 3.63) is 0 Å². The average Bonchev–Trinajstić information content (AvgIpc) is 2.36. The Hall–Kier alpha value is -0.240. The first-order valence-corrected chi connectivity index (χ1v) is 7.63. The lowest BCUT2D eigenvalue weighted by Gasteiger charge is -2.25. The second-order valence-corrected chi connectivity index (χ2v) is 5.36. The third kappa shape index (κ3) is 7.64. The molecule has 0 aliphatic rings. The monoisotopic (exact) mass is 258 g/mol. The zero-order chi connectivity index (χ0) is 13.0. The molecule has 0 radical (unpaired) electrons. The van der Waals surface area contributed by atoms with Crippen LogP contribution in [-0.4, -0.2) is 37.3 Å². The standard InChI is InChI=1S/C13H26N2OS/c1-4-13(12-14,15-5-2)8-6-10-17-11-7-9-16-3/h15H,4-11H2,1-3H3. The number of nitrogens with one attached hydrogen (secondary N) is 1. The van der Waals surface area contributed by atoms with E-state index < -0.39 is 0 Å². The van der Waals surface area contributed by atoms with Crippen LogP contribution < -0.4 is 5.32 Å². The molecule has 100 valence electrons. The quantitative estimate of drug-likeness (QED) is 0.579. The van der Waals surface area contributed by atoms with E-state index in [1.807, 2.05) is 11.8 Å². The number of rotatable bonds is 11. The van der Waals surface area contributed by atoms with Gasteiger partial charge in [0.25, 0.3) is 0 Å². The molecule has 1 atom stereocenters. The summed E-state index contributed by atoms with van der Waals surface area (Å²) in [6.07, 6.45) is 4.05. The first kappa shape index (κ1) is 16.8. The fourth-order valence-corrected chi connectivity index (χ4v) is 2.66. The van der Waals surface area contributed by atoms with Crippen LogP contribution in [0.4, 0.5) is 0 Å². The Labute approximate surface area is 110 Å². The molecular weight excluding hydrogens is 232 g/mol. The predicted molar refractivity (Wildman–Crippen MR) is 75.4 cm³/mol. The summed E-state index contributed by atoms with van der Waals surface area (Å²) in [5.74, 6) is 2.29. The van der Waals surface area contributed by atoms with Crippen molar-refractivity contribution in [1.82, 2.24) is 5.32 Å². The first-order chi connectivity index (χ1) is 8.24. The minimum absolute atomic E-state index is 0.304. The lowest BCUT2D eigenvalue weighted by atomic mass is 9.92. The molecule has 0 saturated heterocycles. The van der Waals surface area contributed by atoms with Gasteiger partial charge in [-0.3, -0.25) is 5.32 Å². The molecule has 0 bridgehead atoms. The van der Waals surface area contributed by atoms with E-state index in [1.54, 1.807) is 7.11 Å². The Morgan fingerprint density at radius 1 is 1.29 bits per heavy atom. The molecule has 4 heteroatoms. The molecule has 0 saturated carbocycles. The molecule has 17 heavy (non-hydrogen) atoms. The highest BCUT2D eigenvalue weighted by molar-refractivity contribution is 7.99. The minimum Gasteiger partial charge on any atom is -0.385 e. The van der Waals surface area contributed by atoms with Gasteiger partial charge in [0.2, 0.25) is 0 Å². The normalized spacial score (nSPS) is 14.2. The molecule has 0 heterocycles. The summed E-state index contributed by atoms with van der Waals surface area (Å²) in [4.78, 5) is 0. The van der Waals surface area contributed by atoms with Crippen LogP contribution in [-0.2, 0) is 4.74 Å². The maximum absolute atomic E-state index is 9.24. The van der Waals surface area contributed by atoms with Gasteiger partial charge in [-0.15, -0.1) is 0 Å². The van der Waals surface area contributed by atoms with Gasteiger partial charge in [-0.2, -0.15) is 17.0 Å². The highest BCUT2D eigenvalue weighted by atomic mass is 32.2. The summed E-state index contributed by atoms with van der Waals surface area (Å²) in [6, 6.07) is 2.44. The average molecular weight is 258 g/mol. The molecule has 0 aliphatic heterocycles. The SMILES string of the molecule is CCNC(C#N)(CC)CCCSCCCOC. The number of ether oxygens (including phenoxy) is 1. The molecule has 0 rings (SSSR count). The second-order valence-electron chi connectivity index (χ2n) is 4.14. The molecule has 0 spiro atoms. The van der Waals surface area contributed by atoms with E-state index >= 15 is 0 Å². The number of thioether (sulfide) groups is 1. The Bertz CT molecular complexity index is 218. The number of nitrogens with zero attached hydrogens (tertiary/aromatic N) is 1. The first-order valence-electron chi connectivity index (χ1n) is 6.47. The van der Waals surface area contributed by atoms with Crippen molar-refractivity contribution in [2.75, 3.05) is 31.8 Å². The highest BCUT2D eigenvalue weighted by Gasteiger charge is 2.25. The molecule has 1 unspecified atom stereocenters. The van der Waals surface area contributed by atoms with E-state index in [4.69, 9.17) is 4.74 Å². The summed E-state index contributed by atoms with van der Waals surface area (Å²) < 4.78 is 5.00. The van der Waals surface area contributed by atoms with Gasteiger partial charge in [-0.05, 0) is 43.7 Å². The van der Waals surface area contributed by atoms with Crippen molar-refractivity contribution in [3.8, 4) is 6.07 Å². The van der Waals surface area contributed by atoms with Crippen LogP contribution in [0.2, 0.25) is 0 Å². The fourth-order valence-electron chi connectivity index (χ4n) is 1.79. The lowest BCUT2D eigenvalue weighted by molar-refractivity contribution is 0.200. The number of methoxy groups -OCH3 is 1. The molecule has 3 nitrogen and oxygen atoms in total. The molecular formula is C13H26N2OS. The summed E-state index contributed by atoms with van der Waals surface area (Å²) in [6.45, 7) is 5.85. The molecule has 0 fully saturated rings. The zero-order valence-corrected chi connectivity index (χ0v) is 12.2. The maximum atomic E-state index is 9.24. The molecule has 1 N–H and O–H groups in total. The minimum atomic E-state index is -0.304. The number of nitriles is 1. The number of hydrogen-bond donors (Lipinski definition) is 1. The largest absolute Gasteiger partial charge is 0.385 e. The molecule has 0 aliphatic carbocycles. The van der Waals surface area contributed by atoms with Gasteiger partial charge in [-0.1, -0.05) is 13.8 Å². The van der Waals surface area contributed by atoms with Crippen LogP contribution in [0, 0.1) is 11.3 Å². The van der Waals surface area contributed by atoms with Gasteiger partial charge in [0.1, 0.15) is 5.54 Å². The Morgan fingerprint density at radius 2 is 2.00 bits per heavy atom. The Morgan fingerprint density at radius 3 is 2.53 bits per heavy atom. The third-order valence-corrected chi connectivity index (χ3v) is 4.02. The fraction of sp³-hybridized carbons (Fsp3) is 0.923. The molecule has 0 aromatic rings. The molecule has 0 aromatic carbocycles. The summed E-state index contributed by atoms with van der Waals surface area (Å²) in [5.41, 5.74) is -0.304. The molecule has 0 aromatic heterocycles. The van der Waals surface area contributed by atoms with Crippen LogP contribution >= 0.6 is 11.8 Å². The van der Waals surface area contributed by atoms with Crippen molar-refractivity contribution in [3.63, 3.8) is 0 Å². The van der Waals surface area contributed by atoms with Crippen LogP contribution in [0.15, 0.2) is 0 Å². The van der Waals surface area contributed by atoms with E-state index in [1.165, 1.54) is 0 Å². The van der Waals surface area contributed by atoms with Gasteiger partial charge in [0.15, 0.2) is 0 Å². The van der Waals surface area contributed by atoms with Crippen molar-refractivity contribution in [1.29, 1.82) is 5.26 Å². The lowest BCUT2D eigenvalue weighted by Crippen LogP contribution is -2.43. The Balaban J connectivity index is 3.65. The predicted octanol–water partition coefficient (Wildman–Crippen LogP) is 2.82. The number of hydrogen-bond acceptors (Lipinski definition) is 4. The van der Waals surface area contributed by atoms with Crippen LogP contribution in [0.3, 0.4) is 0 Å². The van der Waals surface area contributed by atoms with Crippen LogP contribution in [0.25, 0.3) is 0 Å². The topological polar surface area (TPSA) is 45.0 Å². The smallest absolute Gasteiger partial charge is 0.106 e. The van der Waals surface area contributed by atoms with Crippen molar-refractivity contribution < 1.29 is 4.74 Å². The van der Waals surface area contributed by atoms with E-state index in [0.717, 1.165) is 50.3 Å². The van der Waals surface area contributed by atoms with Crippen LogP contribution in [0.1, 0.15) is 39.5 Å². The van der Waals surface area contributed by atoms with Gasteiger partial charge in [-0.25, -0.2) is 0 Å². The van der Waals surface area contributed by atoms with Gasteiger partial charge in [0, 0.05) is 13.7 Å². The van der Waals surface area contributed by atoms with Crippen molar-refractivity contribution >= 4 is 11.8 Å². The van der Waals surface area contributed by atoms with Gasteiger partial charge >= 0.3 is 0 Å². The maximum Gasteiger partial charge on any atom is 0.106 e.